The third-order valence-electron chi connectivity index (χ3n) is 3.08. The van der Waals surface area contributed by atoms with E-state index in [0.29, 0.717) is 0 Å². The zero-order chi connectivity index (χ0) is 12.5. The van der Waals surface area contributed by atoms with Crippen molar-refractivity contribution in [1.29, 1.82) is 0 Å². The van der Waals surface area contributed by atoms with E-state index in [1.165, 1.54) is 0 Å². The summed E-state index contributed by atoms with van der Waals surface area (Å²) in [6.45, 7) is 2.01. The summed E-state index contributed by atoms with van der Waals surface area (Å²) in [7, 11) is -2.93. The van der Waals surface area contributed by atoms with Crippen LogP contribution in [0.3, 0.4) is 0 Å². The topological polar surface area (TPSA) is 46.2 Å². The van der Waals surface area contributed by atoms with Gasteiger partial charge in [-0.05, 0) is 24.1 Å². The van der Waals surface area contributed by atoms with Crippen molar-refractivity contribution >= 4 is 25.8 Å². The summed E-state index contributed by atoms with van der Waals surface area (Å²) >= 11 is 3.38. The van der Waals surface area contributed by atoms with Crippen LogP contribution in [0, 0.1) is 0 Å². The highest BCUT2D eigenvalue weighted by Gasteiger charge is 2.30. The van der Waals surface area contributed by atoms with Crippen LogP contribution in [0.2, 0.25) is 0 Å². The Morgan fingerprint density at radius 3 is 2.53 bits per heavy atom. The molecule has 1 aliphatic heterocycles. The summed E-state index contributed by atoms with van der Waals surface area (Å²) in [5, 5.41) is 3.40. The highest BCUT2D eigenvalue weighted by atomic mass is 79.9. The molecule has 0 radical (unpaired) electrons. The predicted molar refractivity (Wildman–Crippen MR) is 72.8 cm³/mol. The minimum Gasteiger partial charge on any atom is -0.305 e. The monoisotopic (exact) mass is 317 g/mol. The van der Waals surface area contributed by atoms with Gasteiger partial charge in [-0.1, -0.05) is 35.0 Å². The molecule has 0 amide bonds. The van der Waals surface area contributed by atoms with E-state index in [9.17, 15) is 8.42 Å². The van der Waals surface area contributed by atoms with Gasteiger partial charge in [0.05, 0.1) is 11.5 Å². The Bertz CT molecular complexity index is 484. The number of hydrogen-bond acceptors (Lipinski definition) is 3. The van der Waals surface area contributed by atoms with E-state index in [2.05, 4.69) is 21.2 Å². The first-order valence-electron chi connectivity index (χ1n) is 5.72. The van der Waals surface area contributed by atoms with E-state index in [0.717, 1.165) is 16.5 Å². The molecule has 1 saturated heterocycles. The second kappa shape index (κ2) is 5.08. The predicted octanol–water partition coefficient (Wildman–Crippen LogP) is 2.29. The van der Waals surface area contributed by atoms with E-state index < -0.39 is 9.84 Å². The Balaban J connectivity index is 2.23. The molecule has 2 rings (SSSR count). The SMILES string of the molecule is CCC1CS(=O)(=O)CC(c2ccc(Br)cc2)N1. The fourth-order valence-electron chi connectivity index (χ4n) is 2.13. The molecule has 0 saturated carbocycles. The molecule has 3 nitrogen and oxygen atoms in total. The first-order chi connectivity index (χ1) is 8.00. The van der Waals surface area contributed by atoms with Gasteiger partial charge in [-0.25, -0.2) is 8.42 Å². The maximum absolute atomic E-state index is 11.8. The van der Waals surface area contributed by atoms with Crippen LogP contribution < -0.4 is 5.32 Å². The largest absolute Gasteiger partial charge is 0.305 e. The van der Waals surface area contributed by atoms with Crippen molar-refractivity contribution in [2.45, 2.75) is 25.4 Å². The van der Waals surface area contributed by atoms with Gasteiger partial charge in [0.2, 0.25) is 0 Å². The number of halogens is 1. The smallest absolute Gasteiger partial charge is 0.153 e. The van der Waals surface area contributed by atoms with Gasteiger partial charge in [0.1, 0.15) is 0 Å². The summed E-state index contributed by atoms with van der Waals surface area (Å²) in [4.78, 5) is 0. The van der Waals surface area contributed by atoms with E-state index in [-0.39, 0.29) is 23.6 Å². The summed E-state index contributed by atoms with van der Waals surface area (Å²) in [6.07, 6.45) is 0.840. The minimum atomic E-state index is -2.93. The fourth-order valence-corrected chi connectivity index (χ4v) is 4.27. The molecular formula is C12H16BrNO2S. The van der Waals surface area contributed by atoms with Crippen LogP contribution in [0.1, 0.15) is 24.9 Å². The summed E-state index contributed by atoms with van der Waals surface area (Å²) in [5.41, 5.74) is 1.04. The van der Waals surface area contributed by atoms with Gasteiger partial charge in [0, 0.05) is 16.6 Å². The van der Waals surface area contributed by atoms with E-state index in [1.807, 2.05) is 31.2 Å². The third kappa shape index (κ3) is 3.30. The van der Waals surface area contributed by atoms with Gasteiger partial charge in [0.15, 0.2) is 9.84 Å². The highest BCUT2D eigenvalue weighted by molar-refractivity contribution is 9.10. The summed E-state index contributed by atoms with van der Waals surface area (Å²) < 4.78 is 24.6. The number of rotatable bonds is 2. The zero-order valence-corrected chi connectivity index (χ0v) is 12.1. The molecule has 1 aromatic carbocycles. The maximum atomic E-state index is 11.8. The fraction of sp³-hybridized carbons (Fsp3) is 0.500. The normalized spacial score (nSPS) is 27.9. The van der Waals surface area contributed by atoms with Crippen molar-refractivity contribution in [2.75, 3.05) is 11.5 Å². The Morgan fingerprint density at radius 2 is 1.94 bits per heavy atom. The number of benzene rings is 1. The molecule has 2 unspecified atom stereocenters. The van der Waals surface area contributed by atoms with E-state index in [4.69, 9.17) is 0 Å². The standard InChI is InChI=1S/C12H16BrNO2S/c1-2-11-7-17(15,16)8-12(14-11)9-3-5-10(13)6-4-9/h3-6,11-12,14H,2,7-8H2,1H3. The van der Waals surface area contributed by atoms with Crippen LogP contribution in [-0.2, 0) is 9.84 Å². The molecule has 94 valence electrons. The lowest BCUT2D eigenvalue weighted by atomic mass is 10.1. The van der Waals surface area contributed by atoms with Crippen molar-refractivity contribution < 1.29 is 8.42 Å². The quantitative estimate of drug-likeness (QED) is 0.910. The minimum absolute atomic E-state index is 0.0717. The van der Waals surface area contributed by atoms with Gasteiger partial charge in [-0.3, -0.25) is 0 Å². The van der Waals surface area contributed by atoms with Crippen LogP contribution in [0.25, 0.3) is 0 Å². The molecule has 1 aliphatic rings. The van der Waals surface area contributed by atoms with Crippen molar-refractivity contribution in [1.82, 2.24) is 5.32 Å². The van der Waals surface area contributed by atoms with Crippen LogP contribution >= 0.6 is 15.9 Å². The summed E-state index contributed by atoms with van der Waals surface area (Å²) in [6, 6.07) is 7.82. The van der Waals surface area contributed by atoms with Gasteiger partial charge < -0.3 is 5.32 Å². The average Bonchev–Trinajstić information content (AvgIpc) is 2.27. The molecule has 5 heteroatoms. The first kappa shape index (κ1) is 13.1. The van der Waals surface area contributed by atoms with E-state index >= 15 is 0 Å². The number of nitrogens with one attached hydrogen (secondary N) is 1. The van der Waals surface area contributed by atoms with Crippen molar-refractivity contribution in [2.24, 2.45) is 0 Å². The molecule has 2 atom stereocenters. The zero-order valence-electron chi connectivity index (χ0n) is 9.69. The summed E-state index contributed by atoms with van der Waals surface area (Å²) in [5.74, 6) is 0.460. The molecule has 0 aliphatic carbocycles. The number of hydrogen-bond donors (Lipinski definition) is 1. The lowest BCUT2D eigenvalue weighted by Crippen LogP contribution is -2.46. The van der Waals surface area contributed by atoms with Gasteiger partial charge in [-0.15, -0.1) is 0 Å². The Hall–Kier alpha value is -0.390. The second-order valence-corrected chi connectivity index (χ2v) is 7.52. The molecule has 0 spiro atoms. The van der Waals surface area contributed by atoms with Gasteiger partial charge in [-0.2, -0.15) is 0 Å². The lowest BCUT2D eigenvalue weighted by molar-refractivity contribution is 0.440. The molecule has 0 aromatic heterocycles. The molecule has 1 N–H and O–H groups in total. The van der Waals surface area contributed by atoms with Crippen molar-refractivity contribution in [3.05, 3.63) is 34.3 Å². The average molecular weight is 318 g/mol. The van der Waals surface area contributed by atoms with Crippen molar-refractivity contribution in [3.63, 3.8) is 0 Å². The Labute approximate surface area is 111 Å². The van der Waals surface area contributed by atoms with Gasteiger partial charge >= 0.3 is 0 Å². The second-order valence-electron chi connectivity index (χ2n) is 4.45. The third-order valence-corrected chi connectivity index (χ3v) is 5.36. The molecule has 1 fully saturated rings. The lowest BCUT2D eigenvalue weighted by Gasteiger charge is -2.30. The Kier molecular flexibility index (Phi) is 3.90. The highest BCUT2D eigenvalue weighted by Crippen LogP contribution is 2.23. The van der Waals surface area contributed by atoms with Crippen LogP contribution in [0.4, 0.5) is 0 Å². The van der Waals surface area contributed by atoms with E-state index in [1.54, 1.807) is 0 Å². The van der Waals surface area contributed by atoms with Crippen LogP contribution in [0.15, 0.2) is 28.7 Å². The van der Waals surface area contributed by atoms with Crippen LogP contribution in [0.5, 0.6) is 0 Å². The van der Waals surface area contributed by atoms with Crippen molar-refractivity contribution in [3.8, 4) is 0 Å². The van der Waals surface area contributed by atoms with Gasteiger partial charge in [0.25, 0.3) is 0 Å². The molecule has 1 heterocycles. The first-order valence-corrected chi connectivity index (χ1v) is 8.33. The van der Waals surface area contributed by atoms with Crippen LogP contribution in [-0.4, -0.2) is 26.0 Å². The molecule has 1 aromatic rings. The number of sulfone groups is 1. The Morgan fingerprint density at radius 1 is 1.29 bits per heavy atom. The molecule has 0 bridgehead atoms. The maximum Gasteiger partial charge on any atom is 0.153 e. The molecular weight excluding hydrogens is 302 g/mol. The molecule has 17 heavy (non-hydrogen) atoms.